The number of urea groups is 1. The molecule has 21 heavy (non-hydrogen) atoms. The van der Waals surface area contributed by atoms with Crippen LogP contribution in [0.4, 0.5) is 20.6 Å². The lowest BCUT2D eigenvalue weighted by molar-refractivity contribution is 0.259. The molecule has 0 bridgehead atoms. The van der Waals surface area contributed by atoms with Gasteiger partial charge < -0.3 is 16.4 Å². The van der Waals surface area contributed by atoms with Gasteiger partial charge in [0.05, 0.1) is 6.04 Å². The summed E-state index contributed by atoms with van der Waals surface area (Å²) in [5, 5.41) is 5.77. The lowest BCUT2D eigenvalue weighted by atomic mass is 10.0. The molecule has 2 aromatic carbocycles. The first-order valence-electron chi connectivity index (χ1n) is 6.77. The highest BCUT2D eigenvalue weighted by molar-refractivity contribution is 5.87. The summed E-state index contributed by atoms with van der Waals surface area (Å²) in [6.07, 6.45) is 0.752. The van der Waals surface area contributed by atoms with Gasteiger partial charge in [-0.1, -0.05) is 25.1 Å². The molecule has 0 spiro atoms. The van der Waals surface area contributed by atoms with Crippen molar-refractivity contribution >= 4 is 17.4 Å². The molecular formula is C16H18FN3O. The van der Waals surface area contributed by atoms with Gasteiger partial charge in [-0.15, -0.1) is 0 Å². The molecular weight excluding hydrogens is 269 g/mol. The highest BCUT2D eigenvalue weighted by atomic mass is 19.1. The van der Waals surface area contributed by atoms with E-state index in [-0.39, 0.29) is 11.9 Å². The van der Waals surface area contributed by atoms with Gasteiger partial charge in [-0.2, -0.15) is 0 Å². The summed E-state index contributed by atoms with van der Waals surface area (Å²) in [6, 6.07) is 13.1. The maximum Gasteiger partial charge on any atom is 0.316 e. The Morgan fingerprint density at radius 1 is 1.14 bits per heavy atom. The summed E-state index contributed by atoms with van der Waals surface area (Å²) in [4.78, 5) is 10.8. The zero-order valence-corrected chi connectivity index (χ0v) is 11.8. The predicted octanol–water partition coefficient (Wildman–Crippen LogP) is 3.88. The molecule has 0 fully saturated rings. The third kappa shape index (κ3) is 3.95. The van der Waals surface area contributed by atoms with Gasteiger partial charge >= 0.3 is 6.03 Å². The van der Waals surface area contributed by atoms with Crippen molar-refractivity contribution in [3.05, 3.63) is 59.9 Å². The second-order valence-electron chi connectivity index (χ2n) is 4.69. The fourth-order valence-corrected chi connectivity index (χ4v) is 2.15. The number of rotatable bonds is 5. The quantitative estimate of drug-likeness (QED) is 0.781. The van der Waals surface area contributed by atoms with E-state index in [4.69, 9.17) is 5.73 Å². The van der Waals surface area contributed by atoms with Crippen molar-refractivity contribution in [3.8, 4) is 0 Å². The van der Waals surface area contributed by atoms with Crippen molar-refractivity contribution in [2.75, 3.05) is 10.6 Å². The first-order valence-corrected chi connectivity index (χ1v) is 6.77. The average Bonchev–Trinajstić information content (AvgIpc) is 2.47. The van der Waals surface area contributed by atoms with Crippen LogP contribution in [0.25, 0.3) is 0 Å². The van der Waals surface area contributed by atoms with Crippen LogP contribution in [0, 0.1) is 5.82 Å². The van der Waals surface area contributed by atoms with Crippen molar-refractivity contribution in [1.29, 1.82) is 0 Å². The van der Waals surface area contributed by atoms with Crippen LogP contribution in [0.1, 0.15) is 24.9 Å². The Labute approximate surface area is 123 Å². The van der Waals surface area contributed by atoms with Gasteiger partial charge in [-0.3, -0.25) is 0 Å². The van der Waals surface area contributed by atoms with Gasteiger partial charge in [0.2, 0.25) is 0 Å². The number of hydrogen-bond acceptors (Lipinski definition) is 2. The number of amides is 2. The van der Waals surface area contributed by atoms with E-state index in [0.29, 0.717) is 11.3 Å². The van der Waals surface area contributed by atoms with Crippen molar-refractivity contribution in [3.63, 3.8) is 0 Å². The molecule has 0 aliphatic carbocycles. The van der Waals surface area contributed by atoms with Gasteiger partial charge in [0.15, 0.2) is 0 Å². The number of halogens is 1. The van der Waals surface area contributed by atoms with Crippen LogP contribution in [-0.2, 0) is 0 Å². The molecule has 1 unspecified atom stereocenters. The van der Waals surface area contributed by atoms with Crippen molar-refractivity contribution in [2.45, 2.75) is 19.4 Å². The van der Waals surface area contributed by atoms with E-state index >= 15 is 0 Å². The SMILES string of the molecule is CCC(Nc1ccc(NC(N)=O)cc1)c1ccccc1F. The number of primary amides is 1. The summed E-state index contributed by atoms with van der Waals surface area (Å²) < 4.78 is 13.8. The molecule has 0 radical (unpaired) electrons. The zero-order valence-electron chi connectivity index (χ0n) is 11.8. The van der Waals surface area contributed by atoms with Crippen LogP contribution >= 0.6 is 0 Å². The fourth-order valence-electron chi connectivity index (χ4n) is 2.15. The zero-order chi connectivity index (χ0) is 15.2. The van der Waals surface area contributed by atoms with Crippen LogP contribution in [0.2, 0.25) is 0 Å². The van der Waals surface area contributed by atoms with Crippen LogP contribution in [0.3, 0.4) is 0 Å². The van der Waals surface area contributed by atoms with E-state index in [1.54, 1.807) is 24.3 Å². The number of carbonyl (C=O) groups excluding carboxylic acids is 1. The normalized spacial score (nSPS) is 11.7. The molecule has 0 heterocycles. The Morgan fingerprint density at radius 3 is 2.33 bits per heavy atom. The molecule has 1 atom stereocenters. The molecule has 4 N–H and O–H groups in total. The lowest BCUT2D eigenvalue weighted by Gasteiger charge is -2.19. The molecule has 5 heteroatoms. The third-order valence-electron chi connectivity index (χ3n) is 3.18. The molecule has 4 nitrogen and oxygen atoms in total. The second kappa shape index (κ2) is 6.74. The minimum Gasteiger partial charge on any atom is -0.378 e. The number of anilines is 2. The first kappa shape index (κ1) is 14.8. The maximum atomic E-state index is 13.8. The second-order valence-corrected chi connectivity index (χ2v) is 4.69. The van der Waals surface area contributed by atoms with E-state index in [1.165, 1.54) is 6.07 Å². The average molecular weight is 287 g/mol. The summed E-state index contributed by atoms with van der Waals surface area (Å²) in [7, 11) is 0. The molecule has 0 saturated carbocycles. The van der Waals surface area contributed by atoms with Crippen molar-refractivity contribution in [1.82, 2.24) is 0 Å². The smallest absolute Gasteiger partial charge is 0.316 e. The minimum atomic E-state index is -0.603. The third-order valence-corrected chi connectivity index (χ3v) is 3.18. The van der Waals surface area contributed by atoms with E-state index in [0.717, 1.165) is 12.1 Å². The lowest BCUT2D eigenvalue weighted by Crippen LogP contribution is -2.19. The Kier molecular flexibility index (Phi) is 4.77. The van der Waals surface area contributed by atoms with Gasteiger partial charge in [-0.05, 0) is 36.8 Å². The maximum absolute atomic E-state index is 13.8. The minimum absolute atomic E-state index is 0.110. The fraction of sp³-hybridized carbons (Fsp3) is 0.188. The number of nitrogens with two attached hydrogens (primary N) is 1. The Hall–Kier alpha value is -2.56. The predicted molar refractivity (Wildman–Crippen MR) is 82.7 cm³/mol. The number of carbonyl (C=O) groups is 1. The molecule has 0 aliphatic rings. The topological polar surface area (TPSA) is 67.2 Å². The summed E-state index contributed by atoms with van der Waals surface area (Å²) in [5.41, 5.74) is 7.15. The van der Waals surface area contributed by atoms with E-state index in [9.17, 15) is 9.18 Å². The highest BCUT2D eigenvalue weighted by Gasteiger charge is 2.13. The Bertz CT molecular complexity index is 613. The van der Waals surface area contributed by atoms with Gasteiger partial charge in [0.1, 0.15) is 5.82 Å². The first-order chi connectivity index (χ1) is 10.1. The molecule has 0 aromatic heterocycles. The van der Waals surface area contributed by atoms with Crippen LogP contribution in [0.15, 0.2) is 48.5 Å². The molecule has 2 rings (SSSR count). The number of nitrogens with one attached hydrogen (secondary N) is 2. The molecule has 2 aromatic rings. The molecule has 110 valence electrons. The monoisotopic (exact) mass is 287 g/mol. The summed E-state index contributed by atoms with van der Waals surface area (Å²) in [5.74, 6) is -0.219. The molecule has 0 saturated heterocycles. The van der Waals surface area contributed by atoms with E-state index < -0.39 is 6.03 Å². The van der Waals surface area contributed by atoms with Crippen molar-refractivity contribution in [2.24, 2.45) is 5.73 Å². The Balaban J connectivity index is 2.12. The van der Waals surface area contributed by atoms with Crippen LogP contribution in [0.5, 0.6) is 0 Å². The van der Waals surface area contributed by atoms with Gasteiger partial charge in [0.25, 0.3) is 0 Å². The molecule has 2 amide bonds. The Morgan fingerprint density at radius 2 is 1.76 bits per heavy atom. The van der Waals surface area contributed by atoms with Gasteiger partial charge in [-0.25, -0.2) is 9.18 Å². The van der Waals surface area contributed by atoms with Gasteiger partial charge in [0, 0.05) is 16.9 Å². The van der Waals surface area contributed by atoms with E-state index in [2.05, 4.69) is 10.6 Å². The number of hydrogen-bond donors (Lipinski definition) is 3. The van der Waals surface area contributed by atoms with Crippen molar-refractivity contribution < 1.29 is 9.18 Å². The summed E-state index contributed by atoms with van der Waals surface area (Å²) in [6.45, 7) is 1.99. The standard InChI is InChI=1S/C16H18FN3O/c1-2-15(13-5-3-4-6-14(13)17)19-11-7-9-12(10-8-11)20-16(18)21/h3-10,15,19H,2H2,1H3,(H3,18,20,21). The largest absolute Gasteiger partial charge is 0.378 e. The highest BCUT2D eigenvalue weighted by Crippen LogP contribution is 2.25. The van der Waals surface area contributed by atoms with Crippen LogP contribution in [-0.4, -0.2) is 6.03 Å². The van der Waals surface area contributed by atoms with Crippen LogP contribution < -0.4 is 16.4 Å². The molecule has 0 aliphatic heterocycles. The summed E-state index contributed by atoms with van der Waals surface area (Å²) >= 11 is 0. The van der Waals surface area contributed by atoms with E-state index in [1.807, 2.05) is 25.1 Å². The number of benzene rings is 2.